The van der Waals surface area contributed by atoms with E-state index in [0.29, 0.717) is 0 Å². The van der Waals surface area contributed by atoms with Gasteiger partial charge in [0.05, 0.1) is 0 Å². The van der Waals surface area contributed by atoms with Gasteiger partial charge >= 0.3 is 0 Å². The Morgan fingerprint density at radius 2 is 1.67 bits per heavy atom. The molecule has 0 spiro atoms. The SMILES string of the molecule is CCC/C=C/C/C=C/CCCCCCCc1c[c]ccc1. The van der Waals surface area contributed by atoms with Crippen LogP contribution in [-0.2, 0) is 6.42 Å². The fourth-order valence-electron chi connectivity index (χ4n) is 2.38. The van der Waals surface area contributed by atoms with Gasteiger partial charge in [-0.3, -0.25) is 0 Å². The molecule has 0 aromatic heterocycles. The molecule has 0 amide bonds. The van der Waals surface area contributed by atoms with Crippen molar-refractivity contribution >= 4 is 0 Å². The molecular weight excluding hydrogens is 252 g/mol. The van der Waals surface area contributed by atoms with E-state index in [0.717, 1.165) is 6.42 Å². The van der Waals surface area contributed by atoms with Crippen LogP contribution < -0.4 is 0 Å². The molecule has 0 N–H and O–H groups in total. The minimum absolute atomic E-state index is 1.11. The van der Waals surface area contributed by atoms with Gasteiger partial charge in [-0.25, -0.2) is 0 Å². The minimum Gasteiger partial charge on any atom is -0.0882 e. The summed E-state index contributed by atoms with van der Waals surface area (Å²) in [5, 5.41) is 0. The molecule has 0 aliphatic heterocycles. The number of hydrogen-bond acceptors (Lipinski definition) is 0. The molecule has 0 bridgehead atoms. The average molecular weight is 283 g/mol. The lowest BCUT2D eigenvalue weighted by Gasteiger charge is -2.01. The van der Waals surface area contributed by atoms with E-state index in [1.165, 1.54) is 63.4 Å². The Morgan fingerprint density at radius 1 is 0.905 bits per heavy atom. The van der Waals surface area contributed by atoms with Gasteiger partial charge in [-0.1, -0.05) is 81.2 Å². The first-order chi connectivity index (χ1) is 10.4. The number of unbranched alkanes of at least 4 members (excludes halogenated alkanes) is 6. The highest BCUT2D eigenvalue weighted by Crippen LogP contribution is 2.10. The molecule has 0 aliphatic rings. The predicted molar refractivity (Wildman–Crippen MR) is 94.5 cm³/mol. The van der Waals surface area contributed by atoms with Crippen LogP contribution in [0.4, 0.5) is 0 Å². The molecule has 0 heteroatoms. The molecule has 0 atom stereocenters. The largest absolute Gasteiger partial charge is 0.0882 e. The zero-order valence-electron chi connectivity index (χ0n) is 13.7. The van der Waals surface area contributed by atoms with Crippen molar-refractivity contribution in [2.75, 3.05) is 0 Å². The first kappa shape index (κ1) is 17.8. The monoisotopic (exact) mass is 283 g/mol. The van der Waals surface area contributed by atoms with E-state index >= 15 is 0 Å². The van der Waals surface area contributed by atoms with Gasteiger partial charge in [-0.05, 0) is 50.2 Å². The van der Waals surface area contributed by atoms with Crippen LogP contribution in [0.2, 0.25) is 0 Å². The van der Waals surface area contributed by atoms with E-state index in [1.807, 2.05) is 6.07 Å². The molecule has 0 fully saturated rings. The summed E-state index contributed by atoms with van der Waals surface area (Å²) in [4.78, 5) is 0. The first-order valence-corrected chi connectivity index (χ1v) is 8.68. The summed E-state index contributed by atoms with van der Waals surface area (Å²) in [6.45, 7) is 2.22. The van der Waals surface area contributed by atoms with Crippen LogP contribution in [0.25, 0.3) is 0 Å². The van der Waals surface area contributed by atoms with Crippen LogP contribution >= 0.6 is 0 Å². The summed E-state index contributed by atoms with van der Waals surface area (Å²) in [5.74, 6) is 0. The zero-order chi connectivity index (χ0) is 15.0. The van der Waals surface area contributed by atoms with Crippen molar-refractivity contribution < 1.29 is 0 Å². The Balaban J connectivity index is 1.85. The van der Waals surface area contributed by atoms with E-state index in [4.69, 9.17) is 0 Å². The number of aryl methyl sites for hydroxylation is 1. The summed E-state index contributed by atoms with van der Waals surface area (Å²) >= 11 is 0. The van der Waals surface area contributed by atoms with Gasteiger partial charge in [0.25, 0.3) is 0 Å². The van der Waals surface area contributed by atoms with E-state index in [-0.39, 0.29) is 0 Å². The molecule has 1 radical (unpaired) electrons. The highest BCUT2D eigenvalue weighted by atomic mass is 14.0. The molecule has 0 saturated carbocycles. The number of rotatable bonds is 12. The summed E-state index contributed by atoms with van der Waals surface area (Å²) in [5.41, 5.74) is 1.43. The third-order valence-electron chi connectivity index (χ3n) is 3.67. The van der Waals surface area contributed by atoms with Gasteiger partial charge in [0.1, 0.15) is 0 Å². The molecule has 0 nitrogen and oxygen atoms in total. The van der Waals surface area contributed by atoms with Crippen molar-refractivity contribution in [1.82, 2.24) is 0 Å². The highest BCUT2D eigenvalue weighted by molar-refractivity contribution is 5.13. The number of hydrogen-bond donors (Lipinski definition) is 0. The average Bonchev–Trinajstić information content (AvgIpc) is 2.53. The van der Waals surface area contributed by atoms with E-state index in [9.17, 15) is 0 Å². The number of allylic oxidation sites excluding steroid dienone is 4. The quantitative estimate of drug-likeness (QED) is 0.297. The van der Waals surface area contributed by atoms with Crippen LogP contribution in [0.3, 0.4) is 0 Å². The van der Waals surface area contributed by atoms with Gasteiger partial charge in [-0.15, -0.1) is 0 Å². The first-order valence-electron chi connectivity index (χ1n) is 8.68. The lowest BCUT2D eigenvalue weighted by molar-refractivity contribution is 0.617. The third kappa shape index (κ3) is 11.1. The Bertz CT molecular complexity index is 372. The van der Waals surface area contributed by atoms with Crippen molar-refractivity contribution in [1.29, 1.82) is 0 Å². The summed E-state index contributed by atoms with van der Waals surface area (Å²) < 4.78 is 0. The Morgan fingerprint density at radius 3 is 2.43 bits per heavy atom. The fraction of sp³-hybridized carbons (Fsp3) is 0.524. The zero-order valence-corrected chi connectivity index (χ0v) is 13.7. The molecule has 21 heavy (non-hydrogen) atoms. The second-order valence-corrected chi connectivity index (χ2v) is 5.69. The molecule has 1 rings (SSSR count). The molecular formula is C21H31. The lowest BCUT2D eigenvalue weighted by Crippen LogP contribution is -1.85. The maximum Gasteiger partial charge on any atom is -0.0169 e. The van der Waals surface area contributed by atoms with Crippen molar-refractivity contribution in [2.24, 2.45) is 0 Å². The van der Waals surface area contributed by atoms with Crippen molar-refractivity contribution in [2.45, 2.75) is 71.1 Å². The molecule has 0 saturated heterocycles. The molecule has 0 heterocycles. The van der Waals surface area contributed by atoms with Crippen LogP contribution in [0.1, 0.15) is 70.3 Å². The smallest absolute Gasteiger partial charge is 0.0169 e. The Kier molecular flexibility index (Phi) is 11.6. The molecule has 1 aromatic carbocycles. The molecule has 1 aromatic rings. The maximum absolute atomic E-state index is 3.15. The standard InChI is InChI=1S/C21H31/c1-2-3-4-5-6-7-8-9-10-11-12-13-15-18-21-19-16-14-17-20-21/h4-5,7-8,14,16,19-20H,2-3,6,9-13,15,18H2,1H3/b5-4+,8-7+. The lowest BCUT2D eigenvalue weighted by atomic mass is 10.0. The molecule has 0 aliphatic carbocycles. The van der Waals surface area contributed by atoms with Crippen LogP contribution in [0, 0.1) is 6.07 Å². The van der Waals surface area contributed by atoms with Gasteiger partial charge < -0.3 is 0 Å². The molecule has 115 valence electrons. The van der Waals surface area contributed by atoms with Crippen molar-refractivity contribution in [3.05, 3.63) is 60.2 Å². The summed E-state index contributed by atoms with van der Waals surface area (Å²) in [6, 6.07) is 11.5. The second kappa shape index (κ2) is 13.7. The normalized spacial score (nSPS) is 11.7. The topological polar surface area (TPSA) is 0 Å². The van der Waals surface area contributed by atoms with Gasteiger partial charge in [0.2, 0.25) is 0 Å². The summed E-state index contributed by atoms with van der Waals surface area (Å²) in [6.07, 6.45) is 22.0. The molecule has 0 unspecified atom stereocenters. The van der Waals surface area contributed by atoms with E-state index in [2.05, 4.69) is 55.5 Å². The van der Waals surface area contributed by atoms with Crippen molar-refractivity contribution in [3.8, 4) is 0 Å². The third-order valence-corrected chi connectivity index (χ3v) is 3.67. The maximum atomic E-state index is 3.15. The fourth-order valence-corrected chi connectivity index (χ4v) is 2.38. The summed E-state index contributed by atoms with van der Waals surface area (Å²) in [7, 11) is 0. The second-order valence-electron chi connectivity index (χ2n) is 5.69. The highest BCUT2D eigenvalue weighted by Gasteiger charge is 1.93. The Hall–Kier alpha value is -1.30. The van der Waals surface area contributed by atoms with Crippen LogP contribution in [0.5, 0.6) is 0 Å². The van der Waals surface area contributed by atoms with Crippen molar-refractivity contribution in [3.63, 3.8) is 0 Å². The van der Waals surface area contributed by atoms with E-state index in [1.54, 1.807) is 0 Å². The predicted octanol–water partition coefficient (Wildman–Crippen LogP) is 6.67. The Labute approximate surface area is 132 Å². The minimum atomic E-state index is 1.11. The van der Waals surface area contributed by atoms with Gasteiger partial charge in [0, 0.05) is 0 Å². The van der Waals surface area contributed by atoms with Gasteiger partial charge in [0.15, 0.2) is 0 Å². The van der Waals surface area contributed by atoms with E-state index < -0.39 is 0 Å². The van der Waals surface area contributed by atoms with Gasteiger partial charge in [-0.2, -0.15) is 0 Å². The van der Waals surface area contributed by atoms with Crippen LogP contribution in [-0.4, -0.2) is 0 Å². The number of benzene rings is 1. The van der Waals surface area contributed by atoms with Crippen LogP contribution in [0.15, 0.2) is 48.6 Å².